The molecule has 2 heterocycles. The average molecular weight is 695 g/mol. The van der Waals surface area contributed by atoms with Gasteiger partial charge in [-0.2, -0.15) is 0 Å². The van der Waals surface area contributed by atoms with Crippen molar-refractivity contribution in [3.05, 3.63) is 185 Å². The molecule has 0 fully saturated rings. The number of hydrogen-bond acceptors (Lipinski definition) is 3. The van der Waals surface area contributed by atoms with Gasteiger partial charge in [0.15, 0.2) is 0 Å². The van der Waals surface area contributed by atoms with E-state index in [1.54, 1.807) is 0 Å². The highest BCUT2D eigenvalue weighted by molar-refractivity contribution is 8.00. The zero-order chi connectivity index (χ0) is 35.4. The van der Waals surface area contributed by atoms with E-state index in [0.29, 0.717) is 5.25 Å². The molecule has 0 bridgehead atoms. The van der Waals surface area contributed by atoms with Crippen LogP contribution in [0.2, 0.25) is 0 Å². The largest absolute Gasteiger partial charge is 0.341 e. The summed E-state index contributed by atoms with van der Waals surface area (Å²) in [5.74, 6) is 0. The maximum atomic E-state index is 4.38. The van der Waals surface area contributed by atoms with Gasteiger partial charge in [-0.3, -0.25) is 0 Å². The molecule has 3 heteroatoms. The summed E-state index contributed by atoms with van der Waals surface area (Å²) in [6.07, 6.45) is 24.7. The lowest BCUT2D eigenvalue weighted by molar-refractivity contribution is 0.659. The first-order valence-electron chi connectivity index (χ1n) is 18.9. The minimum absolute atomic E-state index is 0.0860. The topological polar surface area (TPSA) is 6.48 Å². The zero-order valence-electron chi connectivity index (χ0n) is 30.5. The Hall–Kier alpha value is -4.99. The van der Waals surface area contributed by atoms with E-state index < -0.39 is 0 Å². The second-order valence-corrected chi connectivity index (χ2v) is 16.3. The molecule has 0 amide bonds. The van der Waals surface area contributed by atoms with Gasteiger partial charge in [-0.1, -0.05) is 130 Å². The summed E-state index contributed by atoms with van der Waals surface area (Å²) in [6, 6.07) is 32.3. The lowest BCUT2D eigenvalue weighted by atomic mass is 9.81. The summed E-state index contributed by atoms with van der Waals surface area (Å²) >= 11 is 1.98. The van der Waals surface area contributed by atoms with E-state index in [-0.39, 0.29) is 11.5 Å². The zero-order valence-corrected chi connectivity index (χ0v) is 31.3. The molecule has 0 N–H and O–H groups in total. The minimum Gasteiger partial charge on any atom is -0.341 e. The highest BCUT2D eigenvalue weighted by Gasteiger charge is 2.38. The van der Waals surface area contributed by atoms with Crippen molar-refractivity contribution < 1.29 is 0 Å². The van der Waals surface area contributed by atoms with Crippen molar-refractivity contribution in [3.63, 3.8) is 0 Å². The summed E-state index contributed by atoms with van der Waals surface area (Å²) < 4.78 is 0. The van der Waals surface area contributed by atoms with Gasteiger partial charge in [-0.15, -0.1) is 11.8 Å². The molecule has 0 radical (unpaired) electrons. The average Bonchev–Trinajstić information content (AvgIpc) is 3.41. The number of aryl methyl sites for hydroxylation is 1. The van der Waals surface area contributed by atoms with E-state index in [9.17, 15) is 0 Å². The van der Waals surface area contributed by atoms with Crippen LogP contribution in [0.15, 0.2) is 167 Å². The third kappa shape index (κ3) is 5.40. The van der Waals surface area contributed by atoms with Crippen molar-refractivity contribution in [1.82, 2.24) is 0 Å². The number of allylic oxidation sites excluding steroid dienone is 10. The van der Waals surface area contributed by atoms with Crippen molar-refractivity contribution >= 4 is 34.9 Å². The molecule has 2 atom stereocenters. The number of fused-ring (bicyclic) bond motifs is 6. The second-order valence-electron chi connectivity index (χ2n) is 15.1. The molecule has 52 heavy (non-hydrogen) atoms. The van der Waals surface area contributed by atoms with Gasteiger partial charge in [-0.25, -0.2) is 0 Å². The fourth-order valence-electron chi connectivity index (χ4n) is 9.18. The Morgan fingerprint density at radius 1 is 0.769 bits per heavy atom. The molecule has 4 aromatic carbocycles. The number of rotatable bonds is 6. The van der Waals surface area contributed by atoms with Crippen LogP contribution >= 0.6 is 11.8 Å². The van der Waals surface area contributed by atoms with Gasteiger partial charge in [0.25, 0.3) is 0 Å². The summed E-state index contributed by atoms with van der Waals surface area (Å²) in [5.41, 5.74) is 17.4. The van der Waals surface area contributed by atoms with Gasteiger partial charge in [0.1, 0.15) is 0 Å². The predicted octanol–water partition coefficient (Wildman–Crippen LogP) is 12.7. The Morgan fingerprint density at radius 2 is 1.54 bits per heavy atom. The number of hydrogen-bond donors (Lipinski definition) is 0. The molecule has 0 saturated carbocycles. The van der Waals surface area contributed by atoms with Gasteiger partial charge in [0, 0.05) is 39.5 Å². The van der Waals surface area contributed by atoms with Crippen molar-refractivity contribution in [2.45, 2.75) is 68.1 Å². The van der Waals surface area contributed by atoms with Gasteiger partial charge >= 0.3 is 0 Å². The van der Waals surface area contributed by atoms with Crippen molar-refractivity contribution in [1.29, 1.82) is 0 Å². The highest BCUT2D eigenvalue weighted by Crippen LogP contribution is 2.51. The molecular weight excluding hydrogens is 649 g/mol. The second kappa shape index (κ2) is 13.2. The fraction of sp³-hybridized carbons (Fsp3) is 0.224. The van der Waals surface area contributed by atoms with Crippen LogP contribution in [0.5, 0.6) is 0 Å². The molecule has 5 aliphatic rings. The van der Waals surface area contributed by atoms with Gasteiger partial charge < -0.3 is 9.80 Å². The van der Waals surface area contributed by atoms with Crippen molar-refractivity contribution in [2.24, 2.45) is 0 Å². The smallest absolute Gasteiger partial charge is 0.0680 e. The third-order valence-electron chi connectivity index (χ3n) is 11.7. The van der Waals surface area contributed by atoms with Gasteiger partial charge in [-0.05, 0) is 107 Å². The molecule has 0 spiro atoms. The molecule has 2 nitrogen and oxygen atoms in total. The van der Waals surface area contributed by atoms with E-state index in [1.807, 2.05) is 11.8 Å². The summed E-state index contributed by atoms with van der Waals surface area (Å²) in [7, 11) is 0. The molecule has 2 aliphatic heterocycles. The standard InChI is InChI=1S/C49H46N2S/c1-5-14-38-34(25-29-44(37(38)6-2)51-45-18-9-11-20-47(45)52-48-21-12-10-19-46(48)51)24-22-33-23-27-39-40-28-26-36(32-42(40)49(3,4)41(39)31-33)50-30-13-16-35-15-7-8-17-43(35)50/h5-12,14-15,17-24,26-28,31-32,45,47H,2,13,16,25,29-30H2,1,3-4H3. The van der Waals surface area contributed by atoms with Gasteiger partial charge in [0.2, 0.25) is 0 Å². The Labute approximate surface area is 314 Å². The maximum absolute atomic E-state index is 4.38. The molecule has 2 unspecified atom stereocenters. The summed E-state index contributed by atoms with van der Waals surface area (Å²) in [5, 5.41) is 0.386. The van der Waals surface area contributed by atoms with Crippen LogP contribution in [0.4, 0.5) is 17.1 Å². The van der Waals surface area contributed by atoms with Crippen LogP contribution in [0.25, 0.3) is 17.2 Å². The van der Waals surface area contributed by atoms with Crippen LogP contribution < -0.4 is 9.80 Å². The van der Waals surface area contributed by atoms with Crippen molar-refractivity contribution in [2.75, 3.05) is 16.3 Å². The molecule has 0 saturated heterocycles. The lowest BCUT2D eigenvalue weighted by Crippen LogP contribution is -2.44. The Kier molecular flexibility index (Phi) is 8.35. The van der Waals surface area contributed by atoms with Gasteiger partial charge in [0.05, 0.1) is 17.0 Å². The Balaban J connectivity index is 1.05. The summed E-state index contributed by atoms with van der Waals surface area (Å²) in [6.45, 7) is 12.4. The maximum Gasteiger partial charge on any atom is 0.0680 e. The first kappa shape index (κ1) is 32.9. The number of anilines is 3. The fourth-order valence-corrected chi connectivity index (χ4v) is 10.4. The molecule has 9 rings (SSSR count). The predicted molar refractivity (Wildman–Crippen MR) is 224 cm³/mol. The van der Waals surface area contributed by atoms with Crippen molar-refractivity contribution in [3.8, 4) is 11.1 Å². The number of para-hydroxylation sites is 2. The summed E-state index contributed by atoms with van der Waals surface area (Å²) in [4.78, 5) is 6.47. The number of thioether (sulfide) groups is 1. The van der Waals surface area contributed by atoms with Crippen LogP contribution in [-0.4, -0.2) is 17.8 Å². The lowest BCUT2D eigenvalue weighted by Gasteiger charge is -2.44. The van der Waals surface area contributed by atoms with Crippen LogP contribution in [0.1, 0.15) is 62.3 Å². The van der Waals surface area contributed by atoms with E-state index in [0.717, 1.165) is 25.8 Å². The Morgan fingerprint density at radius 3 is 2.38 bits per heavy atom. The molecule has 0 aromatic heterocycles. The Bertz CT molecular complexity index is 2290. The minimum atomic E-state index is -0.0860. The monoisotopic (exact) mass is 694 g/mol. The quantitative estimate of drug-likeness (QED) is 0.198. The van der Waals surface area contributed by atoms with E-state index in [2.05, 4.69) is 177 Å². The molecule has 258 valence electrons. The molecule has 3 aliphatic carbocycles. The number of nitrogens with zero attached hydrogens (tertiary/aromatic N) is 2. The van der Waals surface area contributed by atoms with Crippen LogP contribution in [0.3, 0.4) is 0 Å². The number of benzene rings is 4. The normalized spacial score (nSPS) is 21.4. The first-order chi connectivity index (χ1) is 25.5. The van der Waals surface area contributed by atoms with E-state index in [4.69, 9.17) is 0 Å². The first-order valence-corrected chi connectivity index (χ1v) is 19.8. The van der Waals surface area contributed by atoms with E-state index >= 15 is 0 Å². The van der Waals surface area contributed by atoms with E-state index in [1.165, 1.54) is 84.2 Å². The molecule has 4 aromatic rings. The molecular formula is C49H46N2S. The SMILES string of the molecule is C=CC1=C(N2c3ccccc3SC3C=CC=CC32)CCC(C=Cc2ccc3c(c2)C(C)(C)c2cc(N4CCCc5ccccc54)ccc2-3)=C1C=CC. The third-order valence-corrected chi connectivity index (χ3v) is 13.0. The highest BCUT2D eigenvalue weighted by atomic mass is 32.2. The van der Waals surface area contributed by atoms with Crippen LogP contribution in [-0.2, 0) is 11.8 Å². The van der Waals surface area contributed by atoms with Crippen LogP contribution in [0, 0.1) is 0 Å².